The molecular formula is C21H18N4O5S. The lowest BCUT2D eigenvalue weighted by molar-refractivity contribution is 0.102. The van der Waals surface area contributed by atoms with E-state index in [1.54, 1.807) is 36.4 Å². The molecule has 0 aliphatic carbocycles. The first-order chi connectivity index (χ1) is 14.9. The number of hydrogen-bond acceptors (Lipinski definition) is 5. The lowest BCUT2D eigenvalue weighted by Crippen LogP contribution is -2.18. The van der Waals surface area contributed by atoms with Crippen LogP contribution in [0, 0.1) is 0 Å². The zero-order valence-electron chi connectivity index (χ0n) is 16.3. The van der Waals surface area contributed by atoms with Gasteiger partial charge in [-0.05, 0) is 42.5 Å². The Hall–Kier alpha value is -4.05. The molecule has 9 nitrogen and oxygen atoms in total. The van der Waals surface area contributed by atoms with Crippen LogP contribution < -0.4 is 20.5 Å². The molecule has 0 saturated heterocycles. The Balaban J connectivity index is 1.62. The van der Waals surface area contributed by atoms with Crippen LogP contribution in [0.4, 0.5) is 11.4 Å². The maximum Gasteiger partial charge on any atom is 0.323 e. The van der Waals surface area contributed by atoms with Gasteiger partial charge < -0.3 is 20.0 Å². The third kappa shape index (κ3) is 4.28. The van der Waals surface area contributed by atoms with E-state index in [0.717, 1.165) is 0 Å². The van der Waals surface area contributed by atoms with Gasteiger partial charge in [0.25, 0.3) is 15.9 Å². The highest BCUT2D eigenvalue weighted by molar-refractivity contribution is 7.92. The van der Waals surface area contributed by atoms with Crippen LogP contribution in [0.2, 0.25) is 0 Å². The first kappa shape index (κ1) is 20.2. The number of imidazole rings is 1. The molecular weight excluding hydrogens is 420 g/mol. The van der Waals surface area contributed by atoms with E-state index >= 15 is 0 Å². The summed E-state index contributed by atoms with van der Waals surface area (Å²) in [6.45, 7) is 0. The standard InChI is InChI=1S/C21H18N4O5S/c1-30-14-6-4-5-13(11-14)22-20(26)16-7-2-3-8-17(16)25-31(28,29)15-9-10-18-19(12-15)24-21(27)23-18/h2-12,25H,1H3,(H,22,26)(H2,23,24,27). The summed E-state index contributed by atoms with van der Waals surface area (Å²) in [5.41, 5.74) is 1.18. The Morgan fingerprint density at radius 1 is 0.935 bits per heavy atom. The van der Waals surface area contributed by atoms with Crippen LogP contribution >= 0.6 is 0 Å². The van der Waals surface area contributed by atoms with Crippen LogP contribution in [0.5, 0.6) is 5.75 Å². The highest BCUT2D eigenvalue weighted by Crippen LogP contribution is 2.24. The number of anilines is 2. The molecule has 0 spiro atoms. The predicted molar refractivity (Wildman–Crippen MR) is 117 cm³/mol. The van der Waals surface area contributed by atoms with Gasteiger partial charge in [0.2, 0.25) is 0 Å². The van der Waals surface area contributed by atoms with E-state index in [2.05, 4.69) is 20.0 Å². The van der Waals surface area contributed by atoms with E-state index in [4.69, 9.17) is 4.74 Å². The van der Waals surface area contributed by atoms with Gasteiger partial charge in [-0.1, -0.05) is 18.2 Å². The molecule has 4 N–H and O–H groups in total. The molecule has 4 aromatic rings. The molecule has 1 amide bonds. The second-order valence-corrected chi connectivity index (χ2v) is 8.31. The summed E-state index contributed by atoms with van der Waals surface area (Å²) in [6.07, 6.45) is 0. The van der Waals surface area contributed by atoms with Gasteiger partial charge in [-0.2, -0.15) is 0 Å². The summed E-state index contributed by atoms with van der Waals surface area (Å²) in [4.78, 5) is 29.2. The van der Waals surface area contributed by atoms with E-state index in [9.17, 15) is 18.0 Å². The molecule has 0 aliphatic heterocycles. The summed E-state index contributed by atoms with van der Waals surface area (Å²) >= 11 is 0. The number of carbonyl (C=O) groups excluding carboxylic acids is 1. The largest absolute Gasteiger partial charge is 0.497 e. The maximum absolute atomic E-state index is 12.9. The minimum atomic E-state index is -4.02. The molecule has 0 aliphatic rings. The zero-order chi connectivity index (χ0) is 22.0. The van der Waals surface area contributed by atoms with Gasteiger partial charge in [-0.15, -0.1) is 0 Å². The number of carbonyl (C=O) groups is 1. The molecule has 0 unspecified atom stereocenters. The predicted octanol–water partition coefficient (Wildman–Crippen LogP) is 2.92. The number of aromatic amines is 2. The van der Waals surface area contributed by atoms with Crippen molar-refractivity contribution in [1.82, 2.24) is 9.97 Å². The van der Waals surface area contributed by atoms with Gasteiger partial charge in [-0.3, -0.25) is 9.52 Å². The number of amides is 1. The smallest absolute Gasteiger partial charge is 0.323 e. The van der Waals surface area contributed by atoms with Crippen molar-refractivity contribution in [2.75, 3.05) is 17.1 Å². The molecule has 1 heterocycles. The Labute approximate surface area is 177 Å². The number of benzene rings is 3. The average molecular weight is 438 g/mol. The quantitative estimate of drug-likeness (QED) is 0.367. The average Bonchev–Trinajstić information content (AvgIpc) is 3.13. The Morgan fingerprint density at radius 3 is 2.52 bits per heavy atom. The number of nitrogens with one attached hydrogen (secondary N) is 4. The summed E-state index contributed by atoms with van der Waals surface area (Å²) in [7, 11) is -2.50. The van der Waals surface area contributed by atoms with E-state index in [-0.39, 0.29) is 16.1 Å². The minimum Gasteiger partial charge on any atom is -0.497 e. The van der Waals surface area contributed by atoms with Crippen LogP contribution in [0.15, 0.2) is 76.4 Å². The van der Waals surface area contributed by atoms with Crippen molar-refractivity contribution in [3.8, 4) is 5.75 Å². The van der Waals surface area contributed by atoms with Gasteiger partial charge in [0.1, 0.15) is 5.75 Å². The molecule has 4 rings (SSSR count). The van der Waals surface area contributed by atoms with E-state index in [0.29, 0.717) is 22.5 Å². The fourth-order valence-electron chi connectivity index (χ4n) is 3.05. The first-order valence-corrected chi connectivity index (χ1v) is 10.6. The third-order valence-electron chi connectivity index (χ3n) is 4.54. The highest BCUT2D eigenvalue weighted by Gasteiger charge is 2.19. The fourth-order valence-corrected chi connectivity index (χ4v) is 4.16. The van der Waals surface area contributed by atoms with E-state index in [1.807, 2.05) is 0 Å². The van der Waals surface area contributed by atoms with Crippen LogP contribution in [-0.2, 0) is 10.0 Å². The molecule has 0 bridgehead atoms. The topological polar surface area (TPSA) is 133 Å². The number of ether oxygens (including phenoxy) is 1. The molecule has 10 heteroatoms. The lowest BCUT2D eigenvalue weighted by atomic mass is 10.1. The minimum absolute atomic E-state index is 0.0572. The van der Waals surface area contributed by atoms with Gasteiger partial charge in [-0.25, -0.2) is 13.2 Å². The van der Waals surface area contributed by atoms with Gasteiger partial charge in [0.05, 0.1) is 34.3 Å². The second-order valence-electron chi connectivity index (χ2n) is 6.62. The molecule has 3 aromatic carbocycles. The van der Waals surface area contributed by atoms with Crippen molar-refractivity contribution in [1.29, 1.82) is 0 Å². The molecule has 0 fully saturated rings. The van der Waals surface area contributed by atoms with Crippen LogP contribution in [0.25, 0.3) is 11.0 Å². The van der Waals surface area contributed by atoms with Gasteiger partial charge in [0, 0.05) is 11.8 Å². The Kier molecular flexibility index (Phi) is 5.22. The zero-order valence-corrected chi connectivity index (χ0v) is 17.1. The number of rotatable bonds is 6. The summed E-state index contributed by atoms with van der Waals surface area (Å²) in [5, 5.41) is 2.73. The lowest BCUT2D eigenvalue weighted by Gasteiger charge is -2.13. The van der Waals surface area contributed by atoms with Crippen molar-refractivity contribution in [3.63, 3.8) is 0 Å². The summed E-state index contributed by atoms with van der Waals surface area (Å²) in [5.74, 6) is 0.0851. The van der Waals surface area contributed by atoms with Crippen molar-refractivity contribution < 1.29 is 17.9 Å². The Bertz CT molecular complexity index is 1440. The highest BCUT2D eigenvalue weighted by atomic mass is 32.2. The van der Waals surface area contributed by atoms with E-state index < -0.39 is 21.6 Å². The number of sulfonamides is 1. The van der Waals surface area contributed by atoms with Crippen LogP contribution in [-0.4, -0.2) is 31.4 Å². The number of aromatic nitrogens is 2. The molecule has 1 aromatic heterocycles. The second kappa shape index (κ2) is 8.00. The number of hydrogen-bond donors (Lipinski definition) is 4. The Morgan fingerprint density at radius 2 is 1.71 bits per heavy atom. The maximum atomic E-state index is 12.9. The molecule has 0 atom stereocenters. The van der Waals surface area contributed by atoms with Crippen molar-refractivity contribution >= 4 is 38.3 Å². The van der Waals surface area contributed by atoms with Crippen molar-refractivity contribution in [3.05, 3.63) is 82.8 Å². The summed E-state index contributed by atoms with van der Waals surface area (Å²) < 4.78 is 33.4. The van der Waals surface area contributed by atoms with Crippen molar-refractivity contribution in [2.24, 2.45) is 0 Å². The van der Waals surface area contributed by atoms with Crippen molar-refractivity contribution in [2.45, 2.75) is 4.90 Å². The van der Waals surface area contributed by atoms with E-state index in [1.165, 1.54) is 37.4 Å². The van der Waals surface area contributed by atoms with Crippen LogP contribution in [0.1, 0.15) is 10.4 Å². The van der Waals surface area contributed by atoms with Gasteiger partial charge >= 0.3 is 5.69 Å². The fraction of sp³-hybridized carbons (Fsp3) is 0.0476. The molecule has 158 valence electrons. The molecule has 0 radical (unpaired) electrons. The van der Waals surface area contributed by atoms with Gasteiger partial charge in [0.15, 0.2) is 0 Å². The normalized spacial score (nSPS) is 11.3. The molecule has 0 saturated carbocycles. The number of methoxy groups -OCH3 is 1. The summed E-state index contributed by atoms with van der Waals surface area (Å²) in [6, 6.07) is 17.3. The first-order valence-electron chi connectivity index (χ1n) is 9.15. The monoisotopic (exact) mass is 438 g/mol. The number of para-hydroxylation sites is 1. The van der Waals surface area contributed by atoms with Crippen LogP contribution in [0.3, 0.4) is 0 Å². The number of fused-ring (bicyclic) bond motifs is 1. The molecule has 31 heavy (non-hydrogen) atoms. The number of H-pyrrole nitrogens is 2. The SMILES string of the molecule is COc1cccc(NC(=O)c2ccccc2NS(=O)(=O)c2ccc3[nH]c(=O)[nH]c3c2)c1. The third-order valence-corrected chi connectivity index (χ3v) is 5.90.